The fourth-order valence-electron chi connectivity index (χ4n) is 2.29. The minimum Gasteiger partial charge on any atom is -0.504 e. The lowest BCUT2D eigenvalue weighted by Gasteiger charge is -2.05. The summed E-state index contributed by atoms with van der Waals surface area (Å²) in [6.45, 7) is 4.03. The van der Waals surface area contributed by atoms with E-state index in [0.717, 1.165) is 5.56 Å². The van der Waals surface area contributed by atoms with Crippen LogP contribution in [0.5, 0.6) is 17.2 Å². The van der Waals surface area contributed by atoms with Crippen LogP contribution >= 0.6 is 11.3 Å². The maximum atomic E-state index is 13.2. The first kappa shape index (κ1) is 18.4. The average molecular weight is 385 g/mol. The van der Waals surface area contributed by atoms with Crippen molar-refractivity contribution < 1.29 is 19.7 Å². The van der Waals surface area contributed by atoms with Gasteiger partial charge in [-0.1, -0.05) is 6.08 Å². The number of hydrogen-bond donors (Lipinski definition) is 3. The zero-order valence-electron chi connectivity index (χ0n) is 14.1. The molecule has 27 heavy (non-hydrogen) atoms. The molecule has 0 aliphatic heterocycles. The molecule has 6 nitrogen and oxygen atoms in total. The minimum absolute atomic E-state index is 0.212. The van der Waals surface area contributed by atoms with Crippen molar-refractivity contribution in [2.24, 2.45) is 10.1 Å². The van der Waals surface area contributed by atoms with Gasteiger partial charge in [0.1, 0.15) is 5.82 Å². The van der Waals surface area contributed by atoms with Crippen molar-refractivity contribution in [3.05, 3.63) is 70.6 Å². The molecule has 0 fully saturated rings. The molecule has 3 rings (SSSR count). The molecule has 8 heteroatoms. The number of phenolic OH excluding ortho intramolecular Hbond substituents is 3. The van der Waals surface area contributed by atoms with Gasteiger partial charge in [-0.25, -0.2) is 9.07 Å². The summed E-state index contributed by atoms with van der Waals surface area (Å²) in [5.41, 5.74) is 1.63. The molecule has 0 atom stereocenters. The number of nitrogens with zero attached hydrogens (tertiary/aromatic N) is 3. The molecule has 0 aliphatic rings. The van der Waals surface area contributed by atoms with Crippen LogP contribution in [-0.2, 0) is 0 Å². The van der Waals surface area contributed by atoms with E-state index in [1.165, 1.54) is 41.8 Å². The van der Waals surface area contributed by atoms with Crippen LogP contribution in [0.2, 0.25) is 0 Å². The highest BCUT2D eigenvalue weighted by Gasteiger charge is 2.11. The number of thiazole rings is 1. The van der Waals surface area contributed by atoms with E-state index in [9.17, 15) is 19.7 Å². The first-order chi connectivity index (χ1) is 13.0. The van der Waals surface area contributed by atoms with E-state index in [1.54, 1.807) is 22.9 Å². The van der Waals surface area contributed by atoms with E-state index in [-0.39, 0.29) is 11.4 Å². The Balaban J connectivity index is 2.10. The molecule has 0 aliphatic carbocycles. The van der Waals surface area contributed by atoms with Crippen LogP contribution < -0.4 is 4.80 Å². The number of phenols is 3. The number of benzene rings is 2. The fourth-order valence-corrected chi connectivity index (χ4v) is 3.14. The van der Waals surface area contributed by atoms with Crippen LogP contribution in [0.1, 0.15) is 5.56 Å². The van der Waals surface area contributed by atoms with Crippen molar-refractivity contribution >= 4 is 17.6 Å². The molecule has 0 saturated heterocycles. The Morgan fingerprint density at radius 3 is 2.52 bits per heavy atom. The van der Waals surface area contributed by atoms with Gasteiger partial charge in [-0.05, 0) is 36.4 Å². The van der Waals surface area contributed by atoms with Crippen molar-refractivity contribution in [1.29, 1.82) is 0 Å². The smallest absolute Gasteiger partial charge is 0.206 e. The van der Waals surface area contributed by atoms with E-state index < -0.39 is 17.2 Å². The van der Waals surface area contributed by atoms with E-state index in [0.29, 0.717) is 17.0 Å². The third-order valence-corrected chi connectivity index (χ3v) is 4.51. The van der Waals surface area contributed by atoms with Crippen LogP contribution in [0.15, 0.2) is 64.5 Å². The normalized spacial score (nSPS) is 12.0. The van der Waals surface area contributed by atoms with E-state index in [2.05, 4.69) is 16.7 Å². The topological polar surface area (TPSA) is 90.3 Å². The second-order valence-corrected chi connectivity index (χ2v) is 6.30. The Hall–Kier alpha value is -3.39. The van der Waals surface area contributed by atoms with Crippen LogP contribution in [-0.4, -0.2) is 32.8 Å². The quantitative estimate of drug-likeness (QED) is 0.357. The molecular weight excluding hydrogens is 369 g/mol. The third kappa shape index (κ3) is 3.90. The van der Waals surface area contributed by atoms with E-state index in [4.69, 9.17) is 0 Å². The number of halogens is 1. The van der Waals surface area contributed by atoms with Gasteiger partial charge in [0.05, 0.1) is 18.5 Å². The zero-order valence-corrected chi connectivity index (χ0v) is 14.9. The summed E-state index contributed by atoms with van der Waals surface area (Å²) in [6.07, 6.45) is 2.98. The van der Waals surface area contributed by atoms with Gasteiger partial charge in [0.15, 0.2) is 11.5 Å². The molecule has 2 aromatic carbocycles. The second kappa shape index (κ2) is 7.88. The standard InChI is InChI=1S/C19H16FN3O3S/c1-2-9-21-19-23(15(11-27-19)12-3-6-14(20)7-4-12)22-10-13-5-8-16(24)18(26)17(13)25/h2-8,10-11,24-26H,1,9H2. The first-order valence-corrected chi connectivity index (χ1v) is 8.75. The molecule has 1 heterocycles. The summed E-state index contributed by atoms with van der Waals surface area (Å²) in [6, 6.07) is 8.63. The number of hydrogen-bond acceptors (Lipinski definition) is 6. The predicted molar refractivity (Wildman–Crippen MR) is 103 cm³/mol. The summed E-state index contributed by atoms with van der Waals surface area (Å²) in [4.78, 5) is 4.96. The minimum atomic E-state index is -0.621. The van der Waals surface area contributed by atoms with Gasteiger partial charge in [0.2, 0.25) is 10.6 Å². The first-order valence-electron chi connectivity index (χ1n) is 7.87. The summed E-state index contributed by atoms with van der Waals surface area (Å²) in [7, 11) is 0. The Morgan fingerprint density at radius 1 is 1.07 bits per heavy atom. The molecule has 3 aromatic rings. The molecule has 3 N–H and O–H groups in total. The molecule has 1 aromatic heterocycles. The van der Waals surface area contributed by atoms with Crippen LogP contribution in [0, 0.1) is 5.82 Å². The highest BCUT2D eigenvalue weighted by Crippen LogP contribution is 2.36. The highest BCUT2D eigenvalue weighted by atomic mass is 32.1. The van der Waals surface area contributed by atoms with E-state index >= 15 is 0 Å². The molecule has 0 bridgehead atoms. The highest BCUT2D eigenvalue weighted by molar-refractivity contribution is 7.07. The lowest BCUT2D eigenvalue weighted by Crippen LogP contribution is -2.12. The van der Waals surface area contributed by atoms with Crippen LogP contribution in [0.25, 0.3) is 11.3 Å². The van der Waals surface area contributed by atoms with Crippen molar-refractivity contribution in [1.82, 2.24) is 4.68 Å². The summed E-state index contributed by atoms with van der Waals surface area (Å²) < 4.78 is 14.8. The van der Waals surface area contributed by atoms with Gasteiger partial charge in [-0.3, -0.25) is 4.99 Å². The maximum Gasteiger partial charge on any atom is 0.206 e. The Bertz CT molecular complexity index is 1070. The van der Waals surface area contributed by atoms with Gasteiger partial charge in [0, 0.05) is 16.5 Å². The third-order valence-electron chi connectivity index (χ3n) is 3.65. The van der Waals surface area contributed by atoms with Crippen molar-refractivity contribution in [3.63, 3.8) is 0 Å². The lowest BCUT2D eigenvalue weighted by molar-refractivity contribution is 0.367. The number of rotatable bonds is 5. The molecular formula is C19H16FN3O3S. The van der Waals surface area contributed by atoms with Gasteiger partial charge >= 0.3 is 0 Å². The maximum absolute atomic E-state index is 13.2. The summed E-state index contributed by atoms with van der Waals surface area (Å²) >= 11 is 1.35. The summed E-state index contributed by atoms with van der Waals surface area (Å²) in [5.74, 6) is -1.88. The SMILES string of the molecule is C=CCN=c1scc(-c2ccc(F)cc2)n1N=Cc1ccc(O)c(O)c1O. The van der Waals surface area contributed by atoms with Crippen molar-refractivity contribution in [3.8, 4) is 28.5 Å². The molecule has 0 amide bonds. The molecule has 0 saturated carbocycles. The monoisotopic (exact) mass is 385 g/mol. The Kier molecular flexibility index (Phi) is 5.37. The zero-order chi connectivity index (χ0) is 19.4. The van der Waals surface area contributed by atoms with Gasteiger partial charge < -0.3 is 15.3 Å². The van der Waals surface area contributed by atoms with Crippen LogP contribution in [0.3, 0.4) is 0 Å². The largest absolute Gasteiger partial charge is 0.504 e. The number of aromatic hydroxyl groups is 3. The van der Waals surface area contributed by atoms with Gasteiger partial charge in [0.25, 0.3) is 0 Å². The van der Waals surface area contributed by atoms with Gasteiger partial charge in [-0.2, -0.15) is 5.10 Å². The lowest BCUT2D eigenvalue weighted by atomic mass is 10.2. The van der Waals surface area contributed by atoms with Crippen molar-refractivity contribution in [2.45, 2.75) is 0 Å². The molecule has 0 spiro atoms. The molecule has 0 unspecified atom stereocenters. The van der Waals surface area contributed by atoms with E-state index in [1.807, 2.05) is 5.38 Å². The fraction of sp³-hybridized carbons (Fsp3) is 0.0526. The van der Waals surface area contributed by atoms with Crippen LogP contribution in [0.4, 0.5) is 4.39 Å². The number of aromatic nitrogens is 1. The molecule has 138 valence electrons. The van der Waals surface area contributed by atoms with Gasteiger partial charge in [-0.15, -0.1) is 17.9 Å². The molecule has 0 radical (unpaired) electrons. The van der Waals surface area contributed by atoms with Crippen molar-refractivity contribution in [2.75, 3.05) is 6.54 Å². The Labute approximate surface area is 158 Å². The summed E-state index contributed by atoms with van der Waals surface area (Å²) in [5, 5.41) is 35.2. The second-order valence-electron chi connectivity index (χ2n) is 5.47. The predicted octanol–water partition coefficient (Wildman–Crippen LogP) is 3.44. The Morgan fingerprint density at radius 2 is 1.81 bits per heavy atom. The average Bonchev–Trinajstić information content (AvgIpc) is 3.07.